The molecule has 0 fully saturated rings. The fourth-order valence-corrected chi connectivity index (χ4v) is 3.12. The third-order valence-electron chi connectivity index (χ3n) is 3.56. The van der Waals surface area contributed by atoms with E-state index in [1.807, 2.05) is 12.1 Å². The smallest absolute Gasteiger partial charge is 0.289 e. The lowest BCUT2D eigenvalue weighted by Gasteiger charge is -2.10. The van der Waals surface area contributed by atoms with Crippen molar-refractivity contribution in [2.24, 2.45) is 0 Å². The third-order valence-corrected chi connectivity index (χ3v) is 4.43. The molecular formula is C18H16N4O4S. The third kappa shape index (κ3) is 4.04. The lowest BCUT2D eigenvalue weighted by atomic mass is 10.2. The molecule has 3 aromatic rings. The molecule has 0 bridgehead atoms. The summed E-state index contributed by atoms with van der Waals surface area (Å²) in [6.45, 7) is 0. The zero-order valence-electron chi connectivity index (χ0n) is 14.6. The average Bonchev–Trinajstić information content (AvgIpc) is 3.21. The minimum absolute atomic E-state index is 0.168. The highest BCUT2D eigenvalue weighted by Gasteiger charge is 2.17. The van der Waals surface area contributed by atoms with Crippen molar-refractivity contribution in [2.45, 2.75) is 0 Å². The van der Waals surface area contributed by atoms with Crippen molar-refractivity contribution in [3.8, 4) is 22.1 Å². The summed E-state index contributed by atoms with van der Waals surface area (Å²) < 4.78 is 10.7. The number of thiazole rings is 1. The number of nitrogens with one attached hydrogen (secondary N) is 2. The number of methoxy groups -OCH3 is 2. The first-order chi connectivity index (χ1) is 13.1. The van der Waals surface area contributed by atoms with Crippen LogP contribution in [-0.2, 0) is 0 Å². The quantitative estimate of drug-likeness (QED) is 0.655. The van der Waals surface area contributed by atoms with Crippen LogP contribution < -0.4 is 20.3 Å². The minimum Gasteiger partial charge on any atom is -0.493 e. The van der Waals surface area contributed by atoms with E-state index in [-0.39, 0.29) is 11.4 Å². The van der Waals surface area contributed by atoms with Crippen molar-refractivity contribution in [3.05, 3.63) is 59.4 Å². The van der Waals surface area contributed by atoms with Gasteiger partial charge in [-0.1, -0.05) is 12.1 Å². The van der Waals surface area contributed by atoms with Gasteiger partial charge in [0.1, 0.15) is 16.4 Å². The standard InChI is InChI=1S/C18H16N4O4S/c1-25-14-8-5-6-11(15(14)26-2)18-20-13(10-27-18)17(24)22-21-16(23)12-7-3-4-9-19-12/h3-10H,1-2H3,(H,21,23)(H,22,24). The summed E-state index contributed by atoms with van der Waals surface area (Å²) in [5, 5.41) is 2.18. The van der Waals surface area contributed by atoms with E-state index < -0.39 is 11.8 Å². The molecule has 0 atom stereocenters. The van der Waals surface area contributed by atoms with Crippen LogP contribution in [0, 0.1) is 0 Å². The predicted octanol–water partition coefficient (Wildman–Crippen LogP) is 2.30. The van der Waals surface area contributed by atoms with E-state index in [9.17, 15) is 9.59 Å². The number of ether oxygens (including phenoxy) is 2. The molecule has 27 heavy (non-hydrogen) atoms. The van der Waals surface area contributed by atoms with E-state index in [4.69, 9.17) is 9.47 Å². The maximum atomic E-state index is 12.2. The van der Waals surface area contributed by atoms with Crippen LogP contribution in [0.5, 0.6) is 11.5 Å². The second kappa shape index (κ2) is 8.28. The van der Waals surface area contributed by atoms with Crippen molar-refractivity contribution in [1.82, 2.24) is 20.8 Å². The van der Waals surface area contributed by atoms with Gasteiger partial charge < -0.3 is 9.47 Å². The van der Waals surface area contributed by atoms with Gasteiger partial charge in [-0.15, -0.1) is 11.3 Å². The van der Waals surface area contributed by atoms with Gasteiger partial charge >= 0.3 is 0 Å². The van der Waals surface area contributed by atoms with Crippen molar-refractivity contribution in [2.75, 3.05) is 14.2 Å². The van der Waals surface area contributed by atoms with Crippen LogP contribution in [0.3, 0.4) is 0 Å². The molecule has 0 aliphatic heterocycles. The average molecular weight is 384 g/mol. The zero-order valence-corrected chi connectivity index (χ0v) is 15.4. The Labute approximate surface area is 159 Å². The number of para-hydroxylation sites is 1. The Hall–Kier alpha value is -3.46. The number of hydrogen-bond donors (Lipinski definition) is 2. The summed E-state index contributed by atoms with van der Waals surface area (Å²) in [5.41, 5.74) is 5.70. The highest BCUT2D eigenvalue weighted by molar-refractivity contribution is 7.13. The molecule has 0 unspecified atom stereocenters. The van der Waals surface area contributed by atoms with Gasteiger partial charge in [0.15, 0.2) is 11.5 Å². The fourth-order valence-electron chi connectivity index (χ4n) is 2.30. The molecule has 2 N–H and O–H groups in total. The first-order valence-corrected chi connectivity index (χ1v) is 8.70. The van der Waals surface area contributed by atoms with Crippen molar-refractivity contribution < 1.29 is 19.1 Å². The number of carbonyl (C=O) groups is 2. The number of pyridine rings is 1. The van der Waals surface area contributed by atoms with Crippen LogP contribution in [0.15, 0.2) is 48.0 Å². The maximum absolute atomic E-state index is 12.2. The summed E-state index contributed by atoms with van der Waals surface area (Å²) in [4.78, 5) is 32.4. The Bertz CT molecular complexity index is 959. The summed E-state index contributed by atoms with van der Waals surface area (Å²) in [6.07, 6.45) is 1.49. The van der Waals surface area contributed by atoms with Crippen LogP contribution in [0.1, 0.15) is 21.0 Å². The number of rotatable bonds is 5. The van der Waals surface area contributed by atoms with E-state index in [0.717, 1.165) is 0 Å². The second-order valence-corrected chi connectivity index (χ2v) is 6.06. The van der Waals surface area contributed by atoms with Gasteiger partial charge in [0.2, 0.25) is 0 Å². The molecule has 2 aromatic heterocycles. The topological polar surface area (TPSA) is 102 Å². The van der Waals surface area contributed by atoms with Crippen molar-refractivity contribution >= 4 is 23.2 Å². The van der Waals surface area contributed by atoms with Gasteiger partial charge in [-0.25, -0.2) is 4.98 Å². The molecule has 1 aromatic carbocycles. The maximum Gasteiger partial charge on any atom is 0.289 e. The van der Waals surface area contributed by atoms with E-state index in [1.54, 1.807) is 30.7 Å². The summed E-state index contributed by atoms with van der Waals surface area (Å²) in [6, 6.07) is 10.3. The van der Waals surface area contributed by atoms with Crippen LogP contribution in [0.25, 0.3) is 10.6 Å². The number of carbonyl (C=O) groups excluding carboxylic acids is 2. The second-order valence-electron chi connectivity index (χ2n) is 5.20. The Balaban J connectivity index is 1.72. The number of aromatic nitrogens is 2. The molecule has 2 heterocycles. The van der Waals surface area contributed by atoms with Gasteiger partial charge in [0.25, 0.3) is 11.8 Å². The summed E-state index contributed by atoms with van der Waals surface area (Å²) in [5.74, 6) is 0.0427. The van der Waals surface area contributed by atoms with Crippen LogP contribution in [-0.4, -0.2) is 36.0 Å². The normalized spacial score (nSPS) is 10.1. The van der Waals surface area contributed by atoms with E-state index in [2.05, 4.69) is 20.8 Å². The lowest BCUT2D eigenvalue weighted by molar-refractivity contribution is 0.0841. The number of hydrazine groups is 1. The molecule has 0 aliphatic carbocycles. The fraction of sp³-hybridized carbons (Fsp3) is 0.111. The highest BCUT2D eigenvalue weighted by Crippen LogP contribution is 2.38. The number of amides is 2. The predicted molar refractivity (Wildman–Crippen MR) is 99.8 cm³/mol. The van der Waals surface area contributed by atoms with Crippen LogP contribution in [0.4, 0.5) is 0 Å². The SMILES string of the molecule is COc1cccc(-c2nc(C(=O)NNC(=O)c3ccccn3)cs2)c1OC. The van der Waals surface area contributed by atoms with Crippen LogP contribution >= 0.6 is 11.3 Å². The minimum atomic E-state index is -0.538. The van der Waals surface area contributed by atoms with Gasteiger partial charge in [-0.3, -0.25) is 25.4 Å². The number of benzene rings is 1. The monoisotopic (exact) mass is 384 g/mol. The highest BCUT2D eigenvalue weighted by atomic mass is 32.1. The zero-order chi connectivity index (χ0) is 19.2. The largest absolute Gasteiger partial charge is 0.493 e. The number of hydrogen-bond acceptors (Lipinski definition) is 7. The molecule has 2 amide bonds. The first-order valence-electron chi connectivity index (χ1n) is 7.82. The van der Waals surface area contributed by atoms with Crippen molar-refractivity contribution in [3.63, 3.8) is 0 Å². The summed E-state index contributed by atoms with van der Waals surface area (Å²) >= 11 is 1.28. The first kappa shape index (κ1) is 18.3. The number of nitrogens with zero attached hydrogens (tertiary/aromatic N) is 2. The molecule has 8 nitrogen and oxygen atoms in total. The summed E-state index contributed by atoms with van der Waals surface area (Å²) in [7, 11) is 3.09. The van der Waals surface area contributed by atoms with E-state index in [0.29, 0.717) is 22.1 Å². The Kier molecular flexibility index (Phi) is 5.62. The van der Waals surface area contributed by atoms with Crippen molar-refractivity contribution in [1.29, 1.82) is 0 Å². The van der Waals surface area contributed by atoms with Crippen LogP contribution in [0.2, 0.25) is 0 Å². The molecule has 3 rings (SSSR count). The molecule has 0 spiro atoms. The molecule has 9 heteroatoms. The van der Waals surface area contributed by atoms with Gasteiger partial charge in [-0.2, -0.15) is 0 Å². The Morgan fingerprint density at radius 1 is 0.963 bits per heavy atom. The molecule has 0 saturated heterocycles. The van der Waals surface area contributed by atoms with Gasteiger partial charge in [0, 0.05) is 11.6 Å². The van der Waals surface area contributed by atoms with Gasteiger partial charge in [-0.05, 0) is 24.3 Å². The lowest BCUT2D eigenvalue weighted by Crippen LogP contribution is -2.42. The van der Waals surface area contributed by atoms with E-state index >= 15 is 0 Å². The van der Waals surface area contributed by atoms with E-state index in [1.165, 1.54) is 30.7 Å². The Morgan fingerprint density at radius 3 is 2.41 bits per heavy atom. The molecule has 138 valence electrons. The molecular weight excluding hydrogens is 368 g/mol. The Morgan fingerprint density at radius 2 is 1.74 bits per heavy atom. The molecule has 0 radical (unpaired) electrons. The molecule has 0 saturated carbocycles. The van der Waals surface area contributed by atoms with Gasteiger partial charge in [0.05, 0.1) is 19.8 Å². The molecule has 0 aliphatic rings.